The molecule has 0 aliphatic carbocycles. The van der Waals surface area contributed by atoms with Crippen molar-refractivity contribution in [2.24, 2.45) is 0 Å². The zero-order valence-electron chi connectivity index (χ0n) is 13.2. The van der Waals surface area contributed by atoms with E-state index in [0.717, 1.165) is 12.8 Å². The van der Waals surface area contributed by atoms with Gasteiger partial charge in [0, 0.05) is 23.7 Å². The third-order valence-electron chi connectivity index (χ3n) is 4.78. The topological polar surface area (TPSA) is 50.4 Å². The van der Waals surface area contributed by atoms with Crippen LogP contribution in [0.3, 0.4) is 0 Å². The first-order valence-electron chi connectivity index (χ1n) is 8.28. The van der Waals surface area contributed by atoms with Gasteiger partial charge in [-0.3, -0.25) is 4.79 Å². The lowest BCUT2D eigenvalue weighted by molar-refractivity contribution is 0.0931. The van der Waals surface area contributed by atoms with Crippen LogP contribution in [-0.4, -0.2) is 24.0 Å². The van der Waals surface area contributed by atoms with Crippen molar-refractivity contribution in [3.8, 4) is 11.5 Å². The van der Waals surface area contributed by atoms with E-state index in [2.05, 4.69) is 10.6 Å². The molecule has 3 atom stereocenters. The molecule has 4 nitrogen and oxygen atoms in total. The maximum absolute atomic E-state index is 12.9. The summed E-state index contributed by atoms with van der Waals surface area (Å²) in [6.07, 6.45) is 3.37. The molecule has 4 rings (SSSR count). The van der Waals surface area contributed by atoms with Gasteiger partial charge in [-0.2, -0.15) is 0 Å². The average Bonchev–Trinajstić information content (AvgIpc) is 3.20. The summed E-state index contributed by atoms with van der Waals surface area (Å²) in [6.45, 7) is 0. The van der Waals surface area contributed by atoms with Crippen molar-refractivity contribution in [1.82, 2.24) is 10.6 Å². The van der Waals surface area contributed by atoms with Gasteiger partial charge in [-0.05, 0) is 67.8 Å². The molecule has 24 heavy (non-hydrogen) atoms. The smallest absolute Gasteiger partial charge is 0.251 e. The highest BCUT2D eigenvalue weighted by atomic mass is 19.1. The van der Waals surface area contributed by atoms with E-state index in [9.17, 15) is 9.18 Å². The van der Waals surface area contributed by atoms with Gasteiger partial charge < -0.3 is 15.4 Å². The fourth-order valence-electron chi connectivity index (χ4n) is 3.55. The number of halogens is 1. The molecule has 2 unspecified atom stereocenters. The molecule has 2 bridgehead atoms. The normalized spacial score (nSPS) is 24.8. The molecule has 2 fully saturated rings. The van der Waals surface area contributed by atoms with E-state index in [-0.39, 0.29) is 17.8 Å². The quantitative estimate of drug-likeness (QED) is 0.907. The molecule has 1 amide bonds. The number of carbonyl (C=O) groups is 1. The summed E-state index contributed by atoms with van der Waals surface area (Å²) in [6, 6.07) is 14.0. The van der Waals surface area contributed by atoms with Crippen LogP contribution in [0.2, 0.25) is 0 Å². The largest absolute Gasteiger partial charge is 0.457 e. The first-order valence-corrected chi connectivity index (χ1v) is 8.28. The number of carbonyl (C=O) groups excluding carboxylic acids is 1. The molecule has 2 aromatic carbocycles. The van der Waals surface area contributed by atoms with Gasteiger partial charge in [-0.1, -0.05) is 0 Å². The Morgan fingerprint density at radius 2 is 1.71 bits per heavy atom. The van der Waals surface area contributed by atoms with Crippen molar-refractivity contribution in [3.63, 3.8) is 0 Å². The zero-order chi connectivity index (χ0) is 16.5. The second kappa shape index (κ2) is 6.24. The molecule has 0 saturated carbocycles. The Balaban J connectivity index is 1.38. The summed E-state index contributed by atoms with van der Waals surface area (Å²) >= 11 is 0. The molecule has 5 heteroatoms. The fourth-order valence-corrected chi connectivity index (χ4v) is 3.55. The summed E-state index contributed by atoms with van der Waals surface area (Å²) < 4.78 is 18.5. The molecule has 2 aromatic rings. The van der Waals surface area contributed by atoms with Gasteiger partial charge in [0.25, 0.3) is 5.91 Å². The molecule has 0 aromatic heterocycles. The molecule has 2 aliphatic rings. The SMILES string of the molecule is O=C(N[C@@H]1CC2CCC1N2)c1ccc(Oc2ccc(F)cc2)cc1. The van der Waals surface area contributed by atoms with Crippen LogP contribution >= 0.6 is 0 Å². The highest BCUT2D eigenvalue weighted by molar-refractivity contribution is 5.94. The number of fused-ring (bicyclic) bond motifs is 2. The first kappa shape index (κ1) is 15.1. The van der Waals surface area contributed by atoms with Crippen LogP contribution in [0.4, 0.5) is 4.39 Å². The lowest BCUT2D eigenvalue weighted by Gasteiger charge is -2.21. The van der Waals surface area contributed by atoms with E-state index in [1.807, 2.05) is 0 Å². The predicted molar refractivity (Wildman–Crippen MR) is 88.7 cm³/mol. The van der Waals surface area contributed by atoms with Gasteiger partial charge in [0.1, 0.15) is 17.3 Å². The van der Waals surface area contributed by atoms with Gasteiger partial charge in [0.15, 0.2) is 0 Å². The Labute approximate surface area is 140 Å². The second-order valence-corrected chi connectivity index (χ2v) is 6.44. The minimum atomic E-state index is -0.301. The number of rotatable bonds is 4. The number of hydrogen-bond donors (Lipinski definition) is 2. The Bertz CT molecular complexity index is 730. The number of hydrogen-bond acceptors (Lipinski definition) is 3. The van der Waals surface area contributed by atoms with E-state index in [1.165, 1.54) is 18.6 Å². The summed E-state index contributed by atoms with van der Waals surface area (Å²) in [5.74, 6) is 0.813. The summed E-state index contributed by atoms with van der Waals surface area (Å²) in [5.41, 5.74) is 0.615. The monoisotopic (exact) mass is 326 g/mol. The van der Waals surface area contributed by atoms with E-state index >= 15 is 0 Å². The van der Waals surface area contributed by atoms with Gasteiger partial charge in [0.2, 0.25) is 0 Å². The molecule has 2 N–H and O–H groups in total. The Kier molecular flexibility index (Phi) is 3.94. The third-order valence-corrected chi connectivity index (χ3v) is 4.78. The molecule has 2 heterocycles. The van der Waals surface area contributed by atoms with Crippen LogP contribution in [0.1, 0.15) is 29.6 Å². The number of amides is 1. The fraction of sp³-hybridized carbons (Fsp3) is 0.316. The van der Waals surface area contributed by atoms with Crippen molar-refractivity contribution in [2.75, 3.05) is 0 Å². The van der Waals surface area contributed by atoms with E-state index in [0.29, 0.717) is 29.1 Å². The molecule has 124 valence electrons. The maximum Gasteiger partial charge on any atom is 0.251 e. The highest BCUT2D eigenvalue weighted by Crippen LogP contribution is 2.28. The van der Waals surface area contributed by atoms with Crippen molar-refractivity contribution in [3.05, 3.63) is 59.9 Å². The third kappa shape index (κ3) is 3.12. The molecular formula is C19H19FN2O2. The lowest BCUT2D eigenvalue weighted by Crippen LogP contribution is -2.42. The maximum atomic E-state index is 12.9. The van der Waals surface area contributed by atoms with Gasteiger partial charge >= 0.3 is 0 Å². The molecule has 2 aliphatic heterocycles. The van der Waals surface area contributed by atoms with Crippen LogP contribution in [-0.2, 0) is 0 Å². The van der Waals surface area contributed by atoms with Crippen LogP contribution in [0, 0.1) is 5.82 Å². The van der Waals surface area contributed by atoms with Gasteiger partial charge in [-0.25, -0.2) is 4.39 Å². The summed E-state index contributed by atoms with van der Waals surface area (Å²) in [5, 5.41) is 6.63. The van der Waals surface area contributed by atoms with Crippen LogP contribution in [0.25, 0.3) is 0 Å². The molecule has 0 spiro atoms. The van der Waals surface area contributed by atoms with Crippen molar-refractivity contribution in [2.45, 2.75) is 37.4 Å². The minimum absolute atomic E-state index is 0.0531. The van der Waals surface area contributed by atoms with E-state index in [1.54, 1.807) is 36.4 Å². The Hall–Kier alpha value is -2.40. The van der Waals surface area contributed by atoms with Crippen molar-refractivity contribution >= 4 is 5.91 Å². The van der Waals surface area contributed by atoms with Gasteiger partial charge in [-0.15, -0.1) is 0 Å². The van der Waals surface area contributed by atoms with Gasteiger partial charge in [0.05, 0.1) is 0 Å². The number of benzene rings is 2. The first-order chi connectivity index (χ1) is 11.7. The Morgan fingerprint density at radius 1 is 1.04 bits per heavy atom. The lowest BCUT2D eigenvalue weighted by atomic mass is 9.95. The standard InChI is InChI=1S/C19H19FN2O2/c20-13-3-8-16(9-4-13)24-15-6-1-12(2-7-15)19(23)22-18-11-14-5-10-17(18)21-14/h1-4,6-9,14,17-18,21H,5,10-11H2,(H,22,23)/t14?,17?,18-/m1/s1. The van der Waals surface area contributed by atoms with Crippen molar-refractivity contribution < 1.29 is 13.9 Å². The summed E-state index contributed by atoms with van der Waals surface area (Å²) in [7, 11) is 0. The van der Waals surface area contributed by atoms with Crippen LogP contribution < -0.4 is 15.4 Å². The minimum Gasteiger partial charge on any atom is -0.457 e. The molecule has 2 saturated heterocycles. The van der Waals surface area contributed by atoms with E-state index in [4.69, 9.17) is 4.74 Å². The van der Waals surface area contributed by atoms with Crippen LogP contribution in [0.15, 0.2) is 48.5 Å². The second-order valence-electron chi connectivity index (χ2n) is 6.44. The predicted octanol–water partition coefficient (Wildman–Crippen LogP) is 3.24. The number of ether oxygens (including phenoxy) is 1. The van der Waals surface area contributed by atoms with Crippen LogP contribution in [0.5, 0.6) is 11.5 Å². The molecular weight excluding hydrogens is 307 g/mol. The molecule has 0 radical (unpaired) electrons. The highest BCUT2D eigenvalue weighted by Gasteiger charge is 2.39. The van der Waals surface area contributed by atoms with Crippen molar-refractivity contribution in [1.29, 1.82) is 0 Å². The average molecular weight is 326 g/mol. The zero-order valence-corrected chi connectivity index (χ0v) is 13.2. The van der Waals surface area contributed by atoms with E-state index < -0.39 is 0 Å². The number of nitrogens with one attached hydrogen (secondary N) is 2. The summed E-state index contributed by atoms with van der Waals surface area (Å²) in [4.78, 5) is 12.4. The Morgan fingerprint density at radius 3 is 2.29 bits per heavy atom.